The third kappa shape index (κ3) is 3.12. The Bertz CT molecular complexity index is 1130. The van der Waals surface area contributed by atoms with Crippen LogP contribution in [0, 0.1) is 5.82 Å². The predicted octanol–water partition coefficient (Wildman–Crippen LogP) is 3.65. The van der Waals surface area contributed by atoms with Crippen molar-refractivity contribution in [2.24, 2.45) is 0 Å². The molecule has 5 rings (SSSR count). The van der Waals surface area contributed by atoms with Crippen LogP contribution in [0.5, 0.6) is 0 Å². The molecule has 2 atom stereocenters. The SMILES string of the molecule is O=C1CCC[C@]2(CN(C(=O)c3cccc4ncccc34)C[C@H]2c2ccc(F)cc2)N1. The van der Waals surface area contributed by atoms with E-state index in [0.717, 1.165) is 29.3 Å². The van der Waals surface area contributed by atoms with Crippen LogP contribution in [0.25, 0.3) is 10.9 Å². The summed E-state index contributed by atoms with van der Waals surface area (Å²) in [5.74, 6) is -0.441. The van der Waals surface area contributed by atoms with Gasteiger partial charge >= 0.3 is 0 Å². The number of piperidine rings is 1. The van der Waals surface area contributed by atoms with E-state index in [4.69, 9.17) is 0 Å². The van der Waals surface area contributed by atoms with E-state index in [1.165, 1.54) is 12.1 Å². The number of rotatable bonds is 2. The molecule has 0 aliphatic carbocycles. The quantitative estimate of drug-likeness (QED) is 0.711. The van der Waals surface area contributed by atoms with Crippen molar-refractivity contribution < 1.29 is 14.0 Å². The van der Waals surface area contributed by atoms with Crippen LogP contribution in [0.2, 0.25) is 0 Å². The molecule has 1 N–H and O–H groups in total. The van der Waals surface area contributed by atoms with Crippen molar-refractivity contribution in [1.29, 1.82) is 0 Å². The number of nitrogens with zero attached hydrogens (tertiary/aromatic N) is 2. The number of likely N-dealkylation sites (tertiary alicyclic amines) is 1. The van der Waals surface area contributed by atoms with Crippen LogP contribution in [-0.2, 0) is 4.79 Å². The molecule has 1 aromatic heterocycles. The number of amides is 2. The summed E-state index contributed by atoms with van der Waals surface area (Å²) in [6, 6.07) is 15.7. The van der Waals surface area contributed by atoms with Crippen LogP contribution in [0.3, 0.4) is 0 Å². The molecule has 2 aliphatic heterocycles. The molecule has 0 saturated carbocycles. The minimum atomic E-state index is -0.522. The maximum Gasteiger partial charge on any atom is 0.254 e. The first kappa shape index (κ1) is 18.7. The van der Waals surface area contributed by atoms with Crippen LogP contribution in [0.4, 0.5) is 4.39 Å². The van der Waals surface area contributed by atoms with E-state index in [-0.39, 0.29) is 23.5 Å². The highest BCUT2D eigenvalue weighted by molar-refractivity contribution is 6.06. The van der Waals surface area contributed by atoms with Crippen LogP contribution < -0.4 is 5.32 Å². The molecule has 2 aliphatic rings. The topological polar surface area (TPSA) is 62.3 Å². The van der Waals surface area contributed by atoms with Crippen molar-refractivity contribution in [1.82, 2.24) is 15.2 Å². The molecule has 2 aromatic carbocycles. The Balaban J connectivity index is 1.53. The second kappa shape index (κ2) is 7.20. The van der Waals surface area contributed by atoms with E-state index >= 15 is 0 Å². The molecule has 1 spiro atoms. The number of nitrogens with one attached hydrogen (secondary N) is 1. The summed E-state index contributed by atoms with van der Waals surface area (Å²) in [6.45, 7) is 0.914. The van der Waals surface area contributed by atoms with Crippen molar-refractivity contribution in [3.63, 3.8) is 0 Å². The van der Waals surface area contributed by atoms with Crippen molar-refractivity contribution in [2.75, 3.05) is 13.1 Å². The standard InChI is InChI=1S/C24H22FN3O2/c25-17-10-8-16(9-11-17)20-14-28(15-24(20)12-2-7-22(29)27-24)23(30)19-4-1-6-21-18(19)5-3-13-26-21/h1,3-6,8-11,13,20H,2,7,12,14-15H2,(H,27,29)/t20-,24+/m0/s1. The van der Waals surface area contributed by atoms with Crippen molar-refractivity contribution >= 4 is 22.7 Å². The number of fused-ring (bicyclic) bond motifs is 1. The molecule has 2 amide bonds. The van der Waals surface area contributed by atoms with Gasteiger partial charge in [0, 0.05) is 42.6 Å². The summed E-state index contributed by atoms with van der Waals surface area (Å²) in [4.78, 5) is 32.0. The summed E-state index contributed by atoms with van der Waals surface area (Å²) in [5, 5.41) is 4.01. The van der Waals surface area contributed by atoms with Gasteiger partial charge in [-0.05, 0) is 48.7 Å². The highest BCUT2D eigenvalue weighted by Gasteiger charge is 2.50. The Hall–Kier alpha value is -3.28. The second-order valence-electron chi connectivity index (χ2n) is 8.22. The molecule has 0 bridgehead atoms. The molecular formula is C24H22FN3O2. The third-order valence-corrected chi connectivity index (χ3v) is 6.39. The summed E-state index contributed by atoms with van der Waals surface area (Å²) in [6.07, 6.45) is 3.79. The van der Waals surface area contributed by atoms with Gasteiger partial charge in [0.25, 0.3) is 5.91 Å². The minimum absolute atomic E-state index is 0.0111. The van der Waals surface area contributed by atoms with E-state index in [2.05, 4.69) is 10.3 Å². The number of pyridine rings is 1. The molecule has 30 heavy (non-hydrogen) atoms. The number of hydrogen-bond donors (Lipinski definition) is 1. The Labute approximate surface area is 173 Å². The lowest BCUT2D eigenvalue weighted by Crippen LogP contribution is -2.56. The van der Waals surface area contributed by atoms with Crippen molar-refractivity contribution in [3.8, 4) is 0 Å². The number of aromatic nitrogens is 1. The average molecular weight is 403 g/mol. The molecule has 5 nitrogen and oxygen atoms in total. The molecule has 152 valence electrons. The third-order valence-electron chi connectivity index (χ3n) is 6.39. The lowest BCUT2D eigenvalue weighted by atomic mass is 9.76. The number of carbonyl (C=O) groups excluding carboxylic acids is 2. The van der Waals surface area contributed by atoms with E-state index < -0.39 is 5.54 Å². The molecule has 3 heterocycles. The number of benzene rings is 2. The van der Waals surface area contributed by atoms with Gasteiger partial charge in [0.15, 0.2) is 0 Å². The zero-order valence-electron chi connectivity index (χ0n) is 16.5. The van der Waals surface area contributed by atoms with Gasteiger partial charge < -0.3 is 10.2 Å². The lowest BCUT2D eigenvalue weighted by molar-refractivity contribution is -0.125. The smallest absolute Gasteiger partial charge is 0.254 e. The Morgan fingerprint density at radius 1 is 1.13 bits per heavy atom. The maximum absolute atomic E-state index is 13.5. The largest absolute Gasteiger partial charge is 0.348 e. The fourth-order valence-corrected chi connectivity index (χ4v) is 4.99. The number of halogens is 1. The lowest BCUT2D eigenvalue weighted by Gasteiger charge is -2.39. The Morgan fingerprint density at radius 3 is 2.77 bits per heavy atom. The highest BCUT2D eigenvalue weighted by atomic mass is 19.1. The first-order valence-electron chi connectivity index (χ1n) is 10.3. The highest BCUT2D eigenvalue weighted by Crippen LogP contribution is 2.42. The summed E-state index contributed by atoms with van der Waals surface area (Å²) >= 11 is 0. The first-order chi connectivity index (χ1) is 14.6. The van der Waals surface area contributed by atoms with Gasteiger partial charge in [-0.2, -0.15) is 0 Å². The Morgan fingerprint density at radius 2 is 1.97 bits per heavy atom. The van der Waals surface area contributed by atoms with E-state index in [1.807, 2.05) is 35.2 Å². The molecule has 2 saturated heterocycles. The fraction of sp³-hybridized carbons (Fsp3) is 0.292. The van der Waals surface area contributed by atoms with Crippen LogP contribution in [0.15, 0.2) is 60.8 Å². The van der Waals surface area contributed by atoms with Gasteiger partial charge in [-0.3, -0.25) is 14.6 Å². The average Bonchev–Trinajstić information content (AvgIpc) is 3.11. The zero-order chi connectivity index (χ0) is 20.7. The molecular weight excluding hydrogens is 381 g/mol. The Kier molecular flexibility index (Phi) is 4.50. The molecule has 3 aromatic rings. The van der Waals surface area contributed by atoms with Crippen LogP contribution in [0.1, 0.15) is 41.1 Å². The molecule has 6 heteroatoms. The van der Waals surface area contributed by atoms with E-state index in [9.17, 15) is 14.0 Å². The molecule has 0 unspecified atom stereocenters. The first-order valence-corrected chi connectivity index (χ1v) is 10.3. The normalized spacial score (nSPS) is 23.7. The zero-order valence-corrected chi connectivity index (χ0v) is 16.5. The summed E-state index contributed by atoms with van der Waals surface area (Å²) in [7, 11) is 0. The number of carbonyl (C=O) groups is 2. The fourth-order valence-electron chi connectivity index (χ4n) is 4.99. The minimum Gasteiger partial charge on any atom is -0.348 e. The van der Waals surface area contributed by atoms with Crippen LogP contribution in [-0.4, -0.2) is 40.3 Å². The van der Waals surface area contributed by atoms with E-state index in [1.54, 1.807) is 18.3 Å². The van der Waals surface area contributed by atoms with Gasteiger partial charge in [0.05, 0.1) is 11.1 Å². The summed E-state index contributed by atoms with van der Waals surface area (Å²) < 4.78 is 13.5. The summed E-state index contributed by atoms with van der Waals surface area (Å²) in [5.41, 5.74) is 1.80. The van der Waals surface area contributed by atoms with Crippen molar-refractivity contribution in [2.45, 2.75) is 30.7 Å². The van der Waals surface area contributed by atoms with Gasteiger partial charge in [0.1, 0.15) is 5.82 Å². The monoisotopic (exact) mass is 403 g/mol. The van der Waals surface area contributed by atoms with Crippen molar-refractivity contribution in [3.05, 3.63) is 77.7 Å². The van der Waals surface area contributed by atoms with Gasteiger partial charge in [-0.1, -0.05) is 24.3 Å². The van der Waals surface area contributed by atoms with Gasteiger partial charge in [-0.25, -0.2) is 4.39 Å². The molecule has 2 fully saturated rings. The van der Waals surface area contributed by atoms with Gasteiger partial charge in [0.2, 0.25) is 5.91 Å². The second-order valence-corrected chi connectivity index (χ2v) is 8.22. The van der Waals surface area contributed by atoms with Gasteiger partial charge in [-0.15, -0.1) is 0 Å². The number of hydrogen-bond acceptors (Lipinski definition) is 3. The predicted molar refractivity (Wildman–Crippen MR) is 112 cm³/mol. The maximum atomic E-state index is 13.5. The van der Waals surface area contributed by atoms with E-state index in [0.29, 0.717) is 25.1 Å². The van der Waals surface area contributed by atoms with Crippen LogP contribution >= 0.6 is 0 Å². The molecule has 0 radical (unpaired) electrons.